The minimum Gasteiger partial charge on any atom is -0.411 e. The van der Waals surface area contributed by atoms with Crippen molar-refractivity contribution in [2.45, 2.75) is 168 Å². The van der Waals surface area contributed by atoms with Gasteiger partial charge in [0.05, 0.1) is 17.8 Å². The van der Waals surface area contributed by atoms with Crippen molar-refractivity contribution >= 4 is 16.6 Å². The van der Waals surface area contributed by atoms with Crippen LogP contribution in [0.1, 0.15) is 114 Å². The average molecular weight is 527 g/mol. The van der Waals surface area contributed by atoms with Gasteiger partial charge in [-0.15, -0.1) is 0 Å². The zero-order chi connectivity index (χ0) is 27.3. The van der Waals surface area contributed by atoms with Crippen LogP contribution in [0.15, 0.2) is 0 Å². The van der Waals surface area contributed by atoms with Crippen LogP contribution in [-0.2, 0) is 8.85 Å². The van der Waals surface area contributed by atoms with Gasteiger partial charge in [0.1, 0.15) is 0 Å². The molecule has 0 aromatic carbocycles. The molecule has 0 spiro atoms. The second-order valence-corrected chi connectivity index (χ2v) is 25.6. The molecule has 2 fully saturated rings. The van der Waals surface area contributed by atoms with Gasteiger partial charge in [0.25, 0.3) is 0 Å². The highest BCUT2D eigenvalue weighted by molar-refractivity contribution is 6.74. The SMILES string of the molecule is C[C@H](CC[C@@H](O[Si](C)(C)C(C)(C)C)C(C)(C)O[Si](C)(C)C(C)(C)C)[C@H]1CCC2[C@@H](O)CCC[C@@]21C. The monoisotopic (exact) mass is 526 g/mol. The van der Waals surface area contributed by atoms with Crippen LogP contribution in [0.5, 0.6) is 0 Å². The summed E-state index contributed by atoms with van der Waals surface area (Å²) in [5.74, 6) is 1.85. The lowest BCUT2D eigenvalue weighted by Crippen LogP contribution is -2.56. The van der Waals surface area contributed by atoms with Crippen molar-refractivity contribution in [3.63, 3.8) is 0 Å². The average Bonchev–Trinajstić information content (AvgIpc) is 3.00. The third kappa shape index (κ3) is 6.85. The van der Waals surface area contributed by atoms with E-state index in [1.807, 2.05) is 0 Å². The van der Waals surface area contributed by atoms with Crippen LogP contribution in [0.4, 0.5) is 0 Å². The van der Waals surface area contributed by atoms with Gasteiger partial charge in [-0.3, -0.25) is 0 Å². The molecule has 5 heteroatoms. The zero-order valence-electron chi connectivity index (χ0n) is 26.1. The van der Waals surface area contributed by atoms with Gasteiger partial charge >= 0.3 is 0 Å². The number of aliphatic hydroxyl groups is 1. The van der Waals surface area contributed by atoms with Crippen molar-refractivity contribution in [2.75, 3.05) is 0 Å². The lowest BCUT2D eigenvalue weighted by Gasteiger charge is -2.49. The molecule has 1 unspecified atom stereocenters. The Balaban J connectivity index is 2.24. The van der Waals surface area contributed by atoms with E-state index in [0.717, 1.165) is 12.8 Å². The number of hydrogen-bond donors (Lipinski definition) is 1. The van der Waals surface area contributed by atoms with Crippen molar-refractivity contribution in [2.24, 2.45) is 23.2 Å². The molecule has 2 aliphatic carbocycles. The summed E-state index contributed by atoms with van der Waals surface area (Å²) < 4.78 is 14.3. The Hall–Kier alpha value is 0.314. The number of aliphatic hydroxyl groups excluding tert-OH is 1. The Kier molecular flexibility index (Phi) is 9.43. The van der Waals surface area contributed by atoms with E-state index in [0.29, 0.717) is 23.2 Å². The van der Waals surface area contributed by atoms with Crippen LogP contribution in [0.2, 0.25) is 36.3 Å². The smallest absolute Gasteiger partial charge is 0.192 e. The van der Waals surface area contributed by atoms with E-state index < -0.39 is 16.6 Å². The summed E-state index contributed by atoms with van der Waals surface area (Å²) in [6, 6.07) is 0. The number of rotatable bonds is 9. The quantitative estimate of drug-likeness (QED) is 0.304. The fourth-order valence-electron chi connectivity index (χ4n) is 6.70. The number of fused-ring (bicyclic) bond motifs is 1. The van der Waals surface area contributed by atoms with E-state index in [1.54, 1.807) is 0 Å². The minimum atomic E-state index is -1.95. The van der Waals surface area contributed by atoms with Crippen molar-refractivity contribution < 1.29 is 14.0 Å². The zero-order valence-corrected chi connectivity index (χ0v) is 28.1. The molecule has 2 aliphatic rings. The molecule has 6 atom stereocenters. The minimum absolute atomic E-state index is 0.0856. The second kappa shape index (κ2) is 10.5. The predicted octanol–water partition coefficient (Wildman–Crippen LogP) is 9.17. The molecule has 0 aromatic rings. The molecule has 0 aromatic heterocycles. The largest absolute Gasteiger partial charge is 0.411 e. The molecule has 0 aliphatic heterocycles. The van der Waals surface area contributed by atoms with Gasteiger partial charge in [-0.1, -0.05) is 61.8 Å². The number of hydrogen-bond acceptors (Lipinski definition) is 3. The third-order valence-corrected chi connectivity index (χ3v) is 20.2. The lowest BCUT2D eigenvalue weighted by molar-refractivity contribution is -0.0447. The first-order valence-corrected chi connectivity index (χ1v) is 20.4. The van der Waals surface area contributed by atoms with Crippen molar-refractivity contribution in [3.8, 4) is 0 Å². The van der Waals surface area contributed by atoms with Gasteiger partial charge < -0.3 is 14.0 Å². The Morgan fingerprint density at radius 3 is 1.91 bits per heavy atom. The Morgan fingerprint density at radius 2 is 1.40 bits per heavy atom. The summed E-state index contributed by atoms with van der Waals surface area (Å²) in [5, 5.41) is 11.1. The van der Waals surface area contributed by atoms with Gasteiger partial charge in [0.15, 0.2) is 16.6 Å². The van der Waals surface area contributed by atoms with Gasteiger partial charge in [-0.25, -0.2) is 0 Å². The van der Waals surface area contributed by atoms with Gasteiger partial charge in [0, 0.05) is 0 Å². The first-order chi connectivity index (χ1) is 15.6. The van der Waals surface area contributed by atoms with Gasteiger partial charge in [-0.05, 0) is 112 Å². The van der Waals surface area contributed by atoms with Gasteiger partial charge in [0.2, 0.25) is 0 Å². The molecule has 208 valence electrons. The predicted molar refractivity (Wildman–Crippen MR) is 157 cm³/mol. The molecule has 2 saturated carbocycles. The Bertz CT molecular complexity index is 703. The summed E-state index contributed by atoms with van der Waals surface area (Å²) in [6.45, 7) is 33.1. The summed E-state index contributed by atoms with van der Waals surface area (Å²) >= 11 is 0. The topological polar surface area (TPSA) is 38.7 Å². The highest BCUT2D eigenvalue weighted by Gasteiger charge is 2.53. The molecule has 0 heterocycles. The first-order valence-electron chi connectivity index (χ1n) is 14.6. The van der Waals surface area contributed by atoms with E-state index in [4.69, 9.17) is 8.85 Å². The standard InChI is InChI=1S/C30H62O3Si2/c1-22(23-18-19-24-25(31)16-15-21-30(23,24)10)17-20-26(32-34(11,12)27(2,3)4)29(8,9)33-35(13,14)28(5,6)7/h22-26,31H,15-21H2,1-14H3/t22-,23-,24?,25+,26-,30-/m1/s1. The van der Waals surface area contributed by atoms with E-state index in [9.17, 15) is 5.11 Å². The van der Waals surface area contributed by atoms with Crippen LogP contribution in [0, 0.1) is 23.2 Å². The molecular weight excluding hydrogens is 464 g/mol. The van der Waals surface area contributed by atoms with Crippen LogP contribution in [0.3, 0.4) is 0 Å². The maximum atomic E-state index is 10.7. The molecule has 3 nitrogen and oxygen atoms in total. The van der Waals surface area contributed by atoms with E-state index in [2.05, 4.69) is 95.4 Å². The summed E-state index contributed by atoms with van der Waals surface area (Å²) in [6.07, 6.45) is 8.19. The first kappa shape index (κ1) is 31.5. The maximum absolute atomic E-state index is 10.7. The maximum Gasteiger partial charge on any atom is 0.192 e. The highest BCUT2D eigenvalue weighted by atomic mass is 28.4. The van der Waals surface area contributed by atoms with E-state index in [-0.39, 0.29) is 27.9 Å². The lowest BCUT2D eigenvalue weighted by atomic mass is 9.61. The van der Waals surface area contributed by atoms with Crippen LogP contribution in [0.25, 0.3) is 0 Å². The molecule has 35 heavy (non-hydrogen) atoms. The summed E-state index contributed by atoms with van der Waals surface area (Å²) in [5.41, 5.74) is -0.0125. The van der Waals surface area contributed by atoms with Crippen molar-refractivity contribution in [1.82, 2.24) is 0 Å². The molecule has 0 bridgehead atoms. The Morgan fingerprint density at radius 1 is 0.857 bits per heavy atom. The van der Waals surface area contributed by atoms with Gasteiger partial charge in [-0.2, -0.15) is 0 Å². The van der Waals surface area contributed by atoms with E-state index in [1.165, 1.54) is 32.1 Å². The molecule has 0 saturated heterocycles. The highest BCUT2D eigenvalue weighted by Crippen LogP contribution is 2.58. The Labute approximate surface area is 221 Å². The second-order valence-electron chi connectivity index (χ2n) is 16.1. The normalized spacial score (nSPS) is 30.8. The fourth-order valence-corrected chi connectivity index (χ4v) is 9.92. The van der Waals surface area contributed by atoms with E-state index >= 15 is 0 Å². The molecule has 1 N–H and O–H groups in total. The summed E-state index contributed by atoms with van der Waals surface area (Å²) in [7, 11) is -3.89. The third-order valence-electron chi connectivity index (χ3n) is 11.1. The molecular formula is C30H62O3Si2. The molecule has 2 rings (SSSR count). The van der Waals surface area contributed by atoms with Crippen LogP contribution in [-0.4, -0.2) is 39.6 Å². The molecule has 0 radical (unpaired) electrons. The molecule has 0 amide bonds. The van der Waals surface area contributed by atoms with Crippen molar-refractivity contribution in [3.05, 3.63) is 0 Å². The summed E-state index contributed by atoms with van der Waals surface area (Å²) in [4.78, 5) is 0. The van der Waals surface area contributed by atoms with Crippen LogP contribution >= 0.6 is 0 Å². The van der Waals surface area contributed by atoms with Crippen molar-refractivity contribution in [1.29, 1.82) is 0 Å². The van der Waals surface area contributed by atoms with Crippen LogP contribution < -0.4 is 0 Å². The fraction of sp³-hybridized carbons (Fsp3) is 1.00.